The molecule has 0 aliphatic heterocycles. The van der Waals surface area contributed by atoms with Gasteiger partial charge in [-0.15, -0.1) is 20.4 Å². The van der Waals surface area contributed by atoms with Gasteiger partial charge >= 0.3 is 0 Å². The van der Waals surface area contributed by atoms with Crippen molar-refractivity contribution in [1.82, 2.24) is 39.6 Å². The summed E-state index contributed by atoms with van der Waals surface area (Å²) in [6, 6.07) is 1.66. The lowest BCUT2D eigenvalue weighted by Crippen LogP contribution is -2.10. The van der Waals surface area contributed by atoms with Gasteiger partial charge in [-0.2, -0.15) is 9.78 Å². The van der Waals surface area contributed by atoms with E-state index in [1.54, 1.807) is 23.0 Å². The minimum absolute atomic E-state index is 0.100. The molecule has 130 valence electrons. The van der Waals surface area contributed by atoms with Crippen molar-refractivity contribution in [3.63, 3.8) is 0 Å². The molecule has 1 amide bonds. The summed E-state index contributed by atoms with van der Waals surface area (Å²) >= 11 is 0. The molecule has 4 aromatic heterocycles. The summed E-state index contributed by atoms with van der Waals surface area (Å²) in [7, 11) is 0. The number of nitrogens with zero attached hydrogens (tertiary/aromatic N) is 9. The summed E-state index contributed by atoms with van der Waals surface area (Å²) < 4.78 is 2.98. The largest absolute Gasteiger partial charge is 0.365 e. The molecule has 0 saturated carbocycles. The third-order valence-electron chi connectivity index (χ3n) is 3.67. The molecule has 0 atom stereocenters. The molecule has 0 radical (unpaired) electrons. The van der Waals surface area contributed by atoms with E-state index in [4.69, 9.17) is 5.73 Å². The van der Waals surface area contributed by atoms with Crippen molar-refractivity contribution in [2.75, 3.05) is 0 Å². The zero-order chi connectivity index (χ0) is 18.3. The molecule has 12 nitrogen and oxygen atoms in total. The van der Waals surface area contributed by atoms with Crippen LogP contribution in [0.25, 0.3) is 11.6 Å². The maximum atomic E-state index is 11.7. The van der Waals surface area contributed by atoms with Gasteiger partial charge in [0, 0.05) is 12.4 Å². The maximum Gasteiger partial charge on any atom is 0.254 e. The average Bonchev–Trinajstić information content (AvgIpc) is 3.29. The van der Waals surface area contributed by atoms with Crippen LogP contribution in [0.1, 0.15) is 21.9 Å². The van der Waals surface area contributed by atoms with E-state index in [9.17, 15) is 4.79 Å². The van der Waals surface area contributed by atoms with Crippen LogP contribution in [0.5, 0.6) is 0 Å². The Morgan fingerprint density at radius 3 is 2.69 bits per heavy atom. The number of azo groups is 1. The average molecular weight is 351 g/mol. The van der Waals surface area contributed by atoms with E-state index in [-0.39, 0.29) is 17.3 Å². The number of nitrogens with one attached hydrogen (secondary N) is 1. The maximum absolute atomic E-state index is 11.7. The Kier molecular flexibility index (Phi) is 3.49. The molecule has 0 fully saturated rings. The standard InChI is InChI=1S/C14H13N11O/c1-7-10(13-22-19-8(2)24(13)23-7)20-21-12-9(11(15)26)6-18-25(12)14-16-4-3-5-17-14/h3-6,23H,1-2H3,(H2,15,26). The van der Waals surface area contributed by atoms with E-state index >= 15 is 0 Å². The van der Waals surface area contributed by atoms with Gasteiger partial charge in [0.2, 0.25) is 5.65 Å². The van der Waals surface area contributed by atoms with E-state index in [1.807, 2.05) is 13.8 Å². The van der Waals surface area contributed by atoms with Crippen LogP contribution in [-0.4, -0.2) is 45.5 Å². The van der Waals surface area contributed by atoms with Crippen LogP contribution >= 0.6 is 0 Å². The summed E-state index contributed by atoms with van der Waals surface area (Å²) in [5.41, 5.74) is 7.26. The Morgan fingerprint density at radius 1 is 1.19 bits per heavy atom. The highest BCUT2D eigenvalue weighted by Crippen LogP contribution is 2.28. The van der Waals surface area contributed by atoms with Crippen molar-refractivity contribution in [1.29, 1.82) is 0 Å². The summed E-state index contributed by atoms with van der Waals surface area (Å²) in [6.45, 7) is 3.64. The van der Waals surface area contributed by atoms with Crippen molar-refractivity contribution in [3.8, 4) is 5.95 Å². The third-order valence-corrected chi connectivity index (χ3v) is 3.67. The minimum Gasteiger partial charge on any atom is -0.365 e. The SMILES string of the molecule is Cc1[nH]n2c(C)nnc2c1N=Nc1c(C(N)=O)cnn1-c1ncccn1. The second-order valence-corrected chi connectivity index (χ2v) is 5.40. The van der Waals surface area contributed by atoms with Gasteiger partial charge in [-0.3, -0.25) is 9.89 Å². The predicted molar refractivity (Wildman–Crippen MR) is 88.7 cm³/mol. The van der Waals surface area contributed by atoms with Crippen LogP contribution in [0.2, 0.25) is 0 Å². The molecule has 4 aromatic rings. The smallest absolute Gasteiger partial charge is 0.254 e. The molecule has 0 aliphatic rings. The zero-order valence-electron chi connectivity index (χ0n) is 13.8. The fourth-order valence-corrected chi connectivity index (χ4v) is 2.41. The highest BCUT2D eigenvalue weighted by atomic mass is 16.1. The lowest BCUT2D eigenvalue weighted by atomic mass is 10.3. The second-order valence-electron chi connectivity index (χ2n) is 5.40. The molecule has 0 saturated heterocycles. The van der Waals surface area contributed by atoms with E-state index in [2.05, 4.69) is 40.6 Å². The van der Waals surface area contributed by atoms with Gasteiger partial charge in [-0.1, -0.05) is 0 Å². The van der Waals surface area contributed by atoms with Gasteiger partial charge in [0.15, 0.2) is 11.5 Å². The quantitative estimate of drug-likeness (QED) is 0.525. The molecule has 3 N–H and O–H groups in total. The number of hydrogen-bond acceptors (Lipinski definition) is 8. The lowest BCUT2D eigenvalue weighted by Gasteiger charge is -2.01. The van der Waals surface area contributed by atoms with Gasteiger partial charge < -0.3 is 5.73 Å². The monoisotopic (exact) mass is 351 g/mol. The summed E-state index contributed by atoms with van der Waals surface area (Å²) in [6.07, 6.45) is 4.40. The van der Waals surface area contributed by atoms with Crippen LogP contribution in [-0.2, 0) is 0 Å². The first-order valence-corrected chi connectivity index (χ1v) is 7.53. The number of rotatable bonds is 4. The van der Waals surface area contributed by atoms with E-state index in [0.29, 0.717) is 17.2 Å². The highest BCUT2D eigenvalue weighted by Gasteiger charge is 2.19. The molecule has 0 bridgehead atoms. The molecular formula is C14H13N11O. The number of fused-ring (bicyclic) bond motifs is 1. The number of H-pyrrole nitrogens is 1. The molecule has 12 heteroatoms. The summed E-state index contributed by atoms with van der Waals surface area (Å²) in [4.78, 5) is 19.9. The Balaban J connectivity index is 1.84. The normalized spacial score (nSPS) is 11.6. The first kappa shape index (κ1) is 15.6. The molecule has 4 rings (SSSR count). The summed E-state index contributed by atoms with van der Waals surface area (Å²) in [5, 5.41) is 23.6. The van der Waals surface area contributed by atoms with Gasteiger partial charge in [0.05, 0.1) is 11.9 Å². The van der Waals surface area contributed by atoms with Crippen molar-refractivity contribution < 1.29 is 4.79 Å². The number of nitrogens with two attached hydrogens (primary N) is 1. The van der Waals surface area contributed by atoms with E-state index < -0.39 is 5.91 Å². The van der Waals surface area contributed by atoms with Crippen LogP contribution in [0.3, 0.4) is 0 Å². The Labute approximate surface area is 145 Å². The molecular weight excluding hydrogens is 338 g/mol. The predicted octanol–water partition coefficient (Wildman–Crippen LogP) is 1.16. The van der Waals surface area contributed by atoms with Crippen LogP contribution < -0.4 is 5.73 Å². The fraction of sp³-hybridized carbons (Fsp3) is 0.143. The van der Waals surface area contributed by atoms with Crippen molar-refractivity contribution in [2.24, 2.45) is 16.0 Å². The van der Waals surface area contributed by atoms with E-state index in [0.717, 1.165) is 5.69 Å². The van der Waals surface area contributed by atoms with Gasteiger partial charge in [0.25, 0.3) is 11.9 Å². The number of amides is 1. The Hall–Kier alpha value is -3.96. The number of hydrogen-bond donors (Lipinski definition) is 2. The highest BCUT2D eigenvalue weighted by molar-refractivity contribution is 5.97. The number of aromatic nitrogens is 8. The number of carbonyl (C=O) groups excluding carboxylic acids is 1. The molecule has 4 heterocycles. The molecule has 0 aliphatic carbocycles. The molecule has 0 aromatic carbocycles. The molecule has 0 spiro atoms. The van der Waals surface area contributed by atoms with Crippen LogP contribution in [0.15, 0.2) is 34.9 Å². The Morgan fingerprint density at radius 2 is 1.96 bits per heavy atom. The molecule has 26 heavy (non-hydrogen) atoms. The number of primary amides is 1. The minimum atomic E-state index is -0.685. The third kappa shape index (κ3) is 2.40. The van der Waals surface area contributed by atoms with E-state index in [1.165, 1.54) is 10.9 Å². The van der Waals surface area contributed by atoms with Crippen molar-refractivity contribution >= 4 is 23.1 Å². The van der Waals surface area contributed by atoms with Gasteiger partial charge in [-0.25, -0.2) is 14.5 Å². The number of carbonyl (C=O) groups is 1. The molecule has 0 unspecified atom stereocenters. The van der Waals surface area contributed by atoms with Crippen molar-refractivity contribution in [2.45, 2.75) is 13.8 Å². The van der Waals surface area contributed by atoms with Crippen LogP contribution in [0.4, 0.5) is 11.5 Å². The summed E-state index contributed by atoms with van der Waals surface area (Å²) in [5.74, 6) is 0.363. The first-order chi connectivity index (χ1) is 12.6. The second kappa shape index (κ2) is 5.84. The van der Waals surface area contributed by atoms with Gasteiger partial charge in [-0.05, 0) is 19.9 Å². The first-order valence-electron chi connectivity index (χ1n) is 7.53. The topological polar surface area (TPSA) is 157 Å². The van der Waals surface area contributed by atoms with Gasteiger partial charge in [0.1, 0.15) is 11.4 Å². The van der Waals surface area contributed by atoms with Crippen LogP contribution in [0, 0.1) is 13.8 Å². The number of aryl methyl sites for hydroxylation is 2. The lowest BCUT2D eigenvalue weighted by molar-refractivity contribution is 0.100. The van der Waals surface area contributed by atoms with Crippen molar-refractivity contribution in [3.05, 3.63) is 41.7 Å². The number of aromatic amines is 1. The fourth-order valence-electron chi connectivity index (χ4n) is 2.41. The zero-order valence-corrected chi connectivity index (χ0v) is 13.8. The Bertz CT molecular complexity index is 1130.